The summed E-state index contributed by atoms with van der Waals surface area (Å²) in [6, 6.07) is 14.9. The third-order valence-electron chi connectivity index (χ3n) is 6.07. The monoisotopic (exact) mass is 450 g/mol. The Bertz CT molecular complexity index is 1080. The zero-order chi connectivity index (χ0) is 24.2. The Morgan fingerprint density at radius 3 is 2.27 bits per heavy atom. The van der Waals surface area contributed by atoms with Gasteiger partial charge in [0.2, 0.25) is 17.7 Å². The van der Waals surface area contributed by atoms with Gasteiger partial charge in [0.15, 0.2) is 0 Å². The number of benzene rings is 2. The van der Waals surface area contributed by atoms with Crippen molar-refractivity contribution in [3.05, 3.63) is 71.5 Å². The SMILES string of the molecule is CC(=O)NC(C(=O)NC(CNC(=O)[C@@H]1[C@H](C#N)C1(C)C)c1ccccc1F)c1ccccc1. The third-order valence-corrected chi connectivity index (χ3v) is 6.07. The van der Waals surface area contributed by atoms with Gasteiger partial charge in [-0.25, -0.2) is 4.39 Å². The Labute approximate surface area is 192 Å². The van der Waals surface area contributed by atoms with E-state index in [9.17, 15) is 24.0 Å². The van der Waals surface area contributed by atoms with Gasteiger partial charge in [-0.2, -0.15) is 5.26 Å². The van der Waals surface area contributed by atoms with Gasteiger partial charge in [-0.15, -0.1) is 0 Å². The van der Waals surface area contributed by atoms with E-state index in [1.807, 2.05) is 13.8 Å². The maximum Gasteiger partial charge on any atom is 0.247 e. The van der Waals surface area contributed by atoms with Crippen LogP contribution in [0.25, 0.3) is 0 Å². The third kappa shape index (κ3) is 5.37. The average Bonchev–Trinajstić information content (AvgIpc) is 3.36. The summed E-state index contributed by atoms with van der Waals surface area (Å²) in [5, 5.41) is 17.4. The van der Waals surface area contributed by atoms with Crippen LogP contribution in [0.5, 0.6) is 0 Å². The second kappa shape index (κ2) is 9.82. The van der Waals surface area contributed by atoms with Gasteiger partial charge in [-0.05, 0) is 17.0 Å². The molecule has 0 aliphatic heterocycles. The highest BCUT2D eigenvalue weighted by molar-refractivity contribution is 5.88. The van der Waals surface area contributed by atoms with Crippen LogP contribution in [0.2, 0.25) is 0 Å². The van der Waals surface area contributed by atoms with E-state index in [0.717, 1.165) is 0 Å². The number of nitriles is 1. The van der Waals surface area contributed by atoms with Crippen molar-refractivity contribution in [1.29, 1.82) is 5.26 Å². The van der Waals surface area contributed by atoms with Crippen LogP contribution in [0.1, 0.15) is 44.0 Å². The van der Waals surface area contributed by atoms with Crippen LogP contribution in [0, 0.1) is 34.4 Å². The molecule has 8 heteroatoms. The minimum atomic E-state index is -0.987. The molecule has 0 bridgehead atoms. The van der Waals surface area contributed by atoms with Crippen molar-refractivity contribution in [3.63, 3.8) is 0 Å². The van der Waals surface area contributed by atoms with Crippen LogP contribution in [0.3, 0.4) is 0 Å². The standard InChI is InChI=1S/C25H27FN4O3/c1-15(31)29-22(16-9-5-4-6-10-16)24(33)30-20(17-11-7-8-12-19(17)26)14-28-23(32)21-18(13-27)25(21,2)3/h4-12,18,20-22H,14H2,1-3H3,(H,28,32)(H,29,31)(H,30,33)/t18-,20?,21-,22?/m0/s1. The lowest BCUT2D eigenvalue weighted by Gasteiger charge is -2.24. The molecular weight excluding hydrogens is 423 g/mol. The molecule has 3 rings (SSSR count). The van der Waals surface area contributed by atoms with Crippen molar-refractivity contribution in [3.8, 4) is 6.07 Å². The first kappa shape index (κ1) is 23.9. The molecule has 2 aromatic rings. The molecule has 3 amide bonds. The highest BCUT2D eigenvalue weighted by atomic mass is 19.1. The second-order valence-corrected chi connectivity index (χ2v) is 8.78. The molecule has 0 heterocycles. The number of nitrogens with one attached hydrogen (secondary N) is 3. The van der Waals surface area contributed by atoms with E-state index < -0.39 is 41.0 Å². The van der Waals surface area contributed by atoms with Crippen LogP contribution >= 0.6 is 0 Å². The molecule has 3 N–H and O–H groups in total. The maximum absolute atomic E-state index is 14.6. The Hall–Kier alpha value is -3.73. The molecule has 33 heavy (non-hydrogen) atoms. The summed E-state index contributed by atoms with van der Waals surface area (Å²) < 4.78 is 14.6. The molecule has 0 saturated heterocycles. The highest BCUT2D eigenvalue weighted by Crippen LogP contribution is 2.57. The number of carbonyl (C=O) groups is 3. The van der Waals surface area contributed by atoms with E-state index in [0.29, 0.717) is 5.56 Å². The van der Waals surface area contributed by atoms with Crippen molar-refractivity contribution in [2.24, 2.45) is 17.3 Å². The van der Waals surface area contributed by atoms with E-state index >= 15 is 0 Å². The topological polar surface area (TPSA) is 111 Å². The minimum absolute atomic E-state index is 0.0716. The molecule has 0 spiro atoms. The van der Waals surface area contributed by atoms with Gasteiger partial charge in [0, 0.05) is 19.0 Å². The molecule has 1 aliphatic carbocycles. The van der Waals surface area contributed by atoms with Gasteiger partial charge in [0.25, 0.3) is 0 Å². The molecule has 172 valence electrons. The molecule has 0 radical (unpaired) electrons. The van der Waals surface area contributed by atoms with Gasteiger partial charge in [-0.3, -0.25) is 14.4 Å². The molecule has 1 fully saturated rings. The minimum Gasteiger partial charge on any atom is -0.353 e. The van der Waals surface area contributed by atoms with Crippen LogP contribution in [-0.2, 0) is 14.4 Å². The zero-order valence-electron chi connectivity index (χ0n) is 18.8. The zero-order valence-corrected chi connectivity index (χ0v) is 18.8. The van der Waals surface area contributed by atoms with Crippen LogP contribution in [0.15, 0.2) is 54.6 Å². The molecule has 2 unspecified atom stereocenters. The van der Waals surface area contributed by atoms with E-state index in [2.05, 4.69) is 22.0 Å². The predicted molar refractivity (Wildman–Crippen MR) is 120 cm³/mol. The number of hydrogen-bond acceptors (Lipinski definition) is 4. The van der Waals surface area contributed by atoms with Crippen LogP contribution < -0.4 is 16.0 Å². The summed E-state index contributed by atoms with van der Waals surface area (Å²) in [5.41, 5.74) is 0.338. The number of halogens is 1. The van der Waals surface area contributed by atoms with Crippen molar-refractivity contribution in [2.45, 2.75) is 32.9 Å². The van der Waals surface area contributed by atoms with E-state index in [-0.39, 0.29) is 23.9 Å². The van der Waals surface area contributed by atoms with Crippen LogP contribution in [-0.4, -0.2) is 24.3 Å². The summed E-state index contributed by atoms with van der Waals surface area (Å²) in [4.78, 5) is 37.6. The van der Waals surface area contributed by atoms with Gasteiger partial charge in [0.1, 0.15) is 11.9 Å². The first-order valence-corrected chi connectivity index (χ1v) is 10.7. The molecular formula is C25H27FN4O3. The first-order valence-electron chi connectivity index (χ1n) is 10.7. The van der Waals surface area contributed by atoms with Crippen LogP contribution in [0.4, 0.5) is 4.39 Å². The van der Waals surface area contributed by atoms with Gasteiger partial charge in [-0.1, -0.05) is 62.4 Å². The van der Waals surface area contributed by atoms with Crippen molar-refractivity contribution < 1.29 is 18.8 Å². The largest absolute Gasteiger partial charge is 0.353 e. The molecule has 2 aromatic carbocycles. The fourth-order valence-corrected chi connectivity index (χ4v) is 4.08. The average molecular weight is 451 g/mol. The molecule has 1 saturated carbocycles. The van der Waals surface area contributed by atoms with E-state index in [1.54, 1.807) is 36.4 Å². The molecule has 1 aliphatic rings. The van der Waals surface area contributed by atoms with Crippen molar-refractivity contribution >= 4 is 17.7 Å². The summed E-state index contributed by atoms with van der Waals surface area (Å²) in [6.07, 6.45) is 0. The lowest BCUT2D eigenvalue weighted by molar-refractivity contribution is -0.129. The first-order chi connectivity index (χ1) is 15.7. The molecule has 7 nitrogen and oxygen atoms in total. The summed E-state index contributed by atoms with van der Waals surface area (Å²) in [5.74, 6) is -2.64. The number of rotatable bonds is 8. The normalized spacial score (nSPS) is 20.0. The summed E-state index contributed by atoms with van der Waals surface area (Å²) >= 11 is 0. The summed E-state index contributed by atoms with van der Waals surface area (Å²) in [6.45, 7) is 4.93. The lowest BCUT2D eigenvalue weighted by atomic mass is 10.0. The Kier molecular flexibility index (Phi) is 7.12. The van der Waals surface area contributed by atoms with Gasteiger partial charge < -0.3 is 16.0 Å². The second-order valence-electron chi connectivity index (χ2n) is 8.78. The van der Waals surface area contributed by atoms with Crippen molar-refractivity contribution in [1.82, 2.24) is 16.0 Å². The van der Waals surface area contributed by atoms with E-state index in [4.69, 9.17) is 0 Å². The predicted octanol–water partition coefficient (Wildman–Crippen LogP) is 2.77. The quantitative estimate of drug-likeness (QED) is 0.574. The molecule has 0 aromatic heterocycles. The fourth-order valence-electron chi connectivity index (χ4n) is 4.08. The lowest BCUT2D eigenvalue weighted by Crippen LogP contribution is -2.44. The van der Waals surface area contributed by atoms with Gasteiger partial charge >= 0.3 is 0 Å². The Balaban J connectivity index is 1.80. The number of amides is 3. The Morgan fingerprint density at radius 1 is 1.06 bits per heavy atom. The maximum atomic E-state index is 14.6. The number of carbonyl (C=O) groups excluding carboxylic acids is 3. The number of hydrogen-bond donors (Lipinski definition) is 3. The van der Waals surface area contributed by atoms with E-state index in [1.165, 1.54) is 25.1 Å². The van der Waals surface area contributed by atoms with Gasteiger partial charge in [0.05, 0.1) is 23.9 Å². The van der Waals surface area contributed by atoms with Crippen molar-refractivity contribution in [2.75, 3.05) is 6.54 Å². The summed E-state index contributed by atoms with van der Waals surface area (Å²) in [7, 11) is 0. The Morgan fingerprint density at radius 2 is 1.70 bits per heavy atom. The number of nitrogens with zero attached hydrogens (tertiary/aromatic N) is 1. The smallest absolute Gasteiger partial charge is 0.247 e. The fraction of sp³-hybridized carbons (Fsp3) is 0.360. The highest BCUT2D eigenvalue weighted by Gasteiger charge is 2.62. The molecule has 4 atom stereocenters.